The summed E-state index contributed by atoms with van der Waals surface area (Å²) < 4.78 is 0. The predicted molar refractivity (Wildman–Crippen MR) is 113 cm³/mol. The van der Waals surface area contributed by atoms with E-state index < -0.39 is 0 Å². The summed E-state index contributed by atoms with van der Waals surface area (Å²) in [6.45, 7) is 0.912. The number of rotatable bonds is 5. The Morgan fingerprint density at radius 1 is 0.846 bits per heavy atom. The second-order valence-electron chi connectivity index (χ2n) is 6.36. The summed E-state index contributed by atoms with van der Waals surface area (Å²) in [7, 11) is 1.97. The molecule has 0 amide bonds. The van der Waals surface area contributed by atoms with Crippen LogP contribution in [0.4, 0.5) is 11.4 Å². The number of hydrogen-bond donors (Lipinski definition) is 3. The zero-order valence-corrected chi connectivity index (χ0v) is 15.9. The van der Waals surface area contributed by atoms with Gasteiger partial charge >= 0.3 is 0 Å². The average molecular weight is 384 g/mol. The Bertz CT molecular complexity index is 1070. The first-order chi connectivity index (χ1) is 12.6. The Labute approximate surface area is 162 Å². The third kappa shape index (κ3) is 3.38. The van der Waals surface area contributed by atoms with Crippen molar-refractivity contribution < 1.29 is 0 Å². The van der Waals surface area contributed by atoms with Crippen LogP contribution in [0.25, 0.3) is 21.8 Å². The molecule has 0 fully saturated rings. The van der Waals surface area contributed by atoms with E-state index in [1.807, 2.05) is 49.5 Å². The van der Waals surface area contributed by atoms with Gasteiger partial charge in [0.15, 0.2) is 0 Å². The number of H-pyrrole nitrogens is 1. The molecule has 4 aromatic rings. The van der Waals surface area contributed by atoms with E-state index >= 15 is 0 Å². The lowest BCUT2D eigenvalue weighted by Crippen LogP contribution is -2.10. The van der Waals surface area contributed by atoms with Crippen molar-refractivity contribution in [3.63, 3.8) is 0 Å². The van der Waals surface area contributed by atoms with Gasteiger partial charge in [-0.2, -0.15) is 0 Å². The molecule has 3 nitrogen and oxygen atoms in total. The molecule has 0 bridgehead atoms. The fourth-order valence-corrected chi connectivity index (χ4v) is 3.57. The van der Waals surface area contributed by atoms with Crippen molar-refractivity contribution in [1.82, 2.24) is 10.3 Å². The van der Waals surface area contributed by atoms with Gasteiger partial charge in [-0.05, 0) is 80.2 Å². The molecule has 0 radical (unpaired) electrons. The molecule has 1 aromatic heterocycles. The number of hydrogen-bond acceptors (Lipinski definition) is 2. The van der Waals surface area contributed by atoms with Gasteiger partial charge in [0.1, 0.15) is 0 Å². The fraction of sp³-hybridized carbons (Fsp3) is 0.143. The zero-order chi connectivity index (χ0) is 18.1. The summed E-state index contributed by atoms with van der Waals surface area (Å²) in [6.07, 6.45) is 0.934. The molecule has 0 atom stereocenters. The summed E-state index contributed by atoms with van der Waals surface area (Å²) in [5, 5.41) is 10.5. The molecular formula is C21H19Cl2N3. The Balaban J connectivity index is 1.85. The van der Waals surface area contributed by atoms with Gasteiger partial charge in [-0.15, -0.1) is 0 Å². The van der Waals surface area contributed by atoms with E-state index in [1.165, 1.54) is 16.5 Å². The molecule has 4 rings (SSSR count). The molecule has 26 heavy (non-hydrogen) atoms. The van der Waals surface area contributed by atoms with Crippen LogP contribution in [-0.2, 0) is 6.42 Å². The summed E-state index contributed by atoms with van der Waals surface area (Å²) in [5.74, 6) is 0. The lowest BCUT2D eigenvalue weighted by molar-refractivity contribution is 0.794. The first-order valence-corrected chi connectivity index (χ1v) is 9.31. The van der Waals surface area contributed by atoms with Crippen LogP contribution in [0.15, 0.2) is 54.6 Å². The van der Waals surface area contributed by atoms with Crippen molar-refractivity contribution in [3.05, 3.63) is 70.2 Å². The minimum Gasteiger partial charge on any atom is -0.355 e. The minimum absolute atomic E-state index is 0.729. The lowest BCUT2D eigenvalue weighted by Gasteiger charge is -2.11. The molecule has 1 heterocycles. The Morgan fingerprint density at radius 2 is 1.62 bits per heavy atom. The first kappa shape index (κ1) is 17.2. The number of fused-ring (bicyclic) bond motifs is 3. The van der Waals surface area contributed by atoms with Gasteiger partial charge in [-0.3, -0.25) is 0 Å². The summed E-state index contributed by atoms with van der Waals surface area (Å²) in [6, 6.07) is 18.1. The number of nitrogens with one attached hydrogen (secondary N) is 3. The number of likely N-dealkylation sites (N-methyl/N-ethyl adjacent to an activating group) is 1. The van der Waals surface area contributed by atoms with E-state index in [4.69, 9.17) is 23.2 Å². The minimum atomic E-state index is 0.729. The normalized spacial score (nSPS) is 11.3. The van der Waals surface area contributed by atoms with Crippen LogP contribution in [0.1, 0.15) is 5.56 Å². The van der Waals surface area contributed by atoms with E-state index in [-0.39, 0.29) is 0 Å². The van der Waals surface area contributed by atoms with Gasteiger partial charge in [0.25, 0.3) is 0 Å². The Morgan fingerprint density at radius 3 is 2.38 bits per heavy atom. The van der Waals surface area contributed by atoms with Crippen LogP contribution in [-0.4, -0.2) is 18.6 Å². The zero-order valence-electron chi connectivity index (χ0n) is 14.4. The monoisotopic (exact) mass is 383 g/mol. The van der Waals surface area contributed by atoms with Crippen LogP contribution in [0.5, 0.6) is 0 Å². The molecule has 0 saturated carbocycles. The topological polar surface area (TPSA) is 39.8 Å². The fourth-order valence-electron chi connectivity index (χ4n) is 3.27. The highest BCUT2D eigenvalue weighted by molar-refractivity contribution is 6.32. The maximum absolute atomic E-state index is 6.23. The smallest absolute Gasteiger partial charge is 0.0499 e. The van der Waals surface area contributed by atoms with Crippen molar-refractivity contribution in [2.24, 2.45) is 0 Å². The second-order valence-corrected chi connectivity index (χ2v) is 7.23. The van der Waals surface area contributed by atoms with E-state index in [2.05, 4.69) is 27.8 Å². The SMILES string of the molecule is CNCCc1cc(Nc2ccc(Cl)cc2)cc2c1[nH]c1ccc(Cl)cc12. The first-order valence-electron chi connectivity index (χ1n) is 8.55. The highest BCUT2D eigenvalue weighted by atomic mass is 35.5. The van der Waals surface area contributed by atoms with Gasteiger partial charge in [0, 0.05) is 43.2 Å². The molecule has 0 saturated heterocycles. The number of aromatic nitrogens is 1. The van der Waals surface area contributed by atoms with E-state index in [9.17, 15) is 0 Å². The van der Waals surface area contributed by atoms with Crippen molar-refractivity contribution in [1.29, 1.82) is 0 Å². The summed E-state index contributed by atoms with van der Waals surface area (Å²) in [5.41, 5.74) is 5.58. The highest BCUT2D eigenvalue weighted by Crippen LogP contribution is 2.33. The van der Waals surface area contributed by atoms with Crippen LogP contribution < -0.4 is 10.6 Å². The van der Waals surface area contributed by atoms with E-state index in [0.29, 0.717) is 0 Å². The molecule has 5 heteroatoms. The number of halogens is 2. The maximum atomic E-state index is 6.23. The van der Waals surface area contributed by atoms with Gasteiger partial charge in [-0.25, -0.2) is 0 Å². The quantitative estimate of drug-likeness (QED) is 0.387. The molecule has 0 aliphatic heterocycles. The Hall–Kier alpha value is -2.20. The Kier molecular flexibility index (Phi) is 4.77. The van der Waals surface area contributed by atoms with Crippen LogP contribution in [0.3, 0.4) is 0 Å². The third-order valence-corrected chi connectivity index (χ3v) is 5.02. The standard InChI is InChI=1S/C21H19Cl2N3/c1-24-9-8-13-10-17(25-16-5-2-14(22)3-6-16)12-19-18-11-15(23)4-7-20(18)26-21(13)19/h2-7,10-12,24-26H,8-9H2,1H3. The lowest BCUT2D eigenvalue weighted by atomic mass is 10.0. The van der Waals surface area contributed by atoms with Crippen LogP contribution in [0.2, 0.25) is 10.0 Å². The predicted octanol–water partition coefficient (Wildman–Crippen LogP) is 6.13. The van der Waals surface area contributed by atoms with Gasteiger partial charge in [-0.1, -0.05) is 23.2 Å². The number of benzene rings is 3. The summed E-state index contributed by atoms with van der Waals surface area (Å²) in [4.78, 5) is 3.55. The number of anilines is 2. The second kappa shape index (κ2) is 7.20. The van der Waals surface area contributed by atoms with Crippen LogP contribution >= 0.6 is 23.2 Å². The molecule has 3 aromatic carbocycles. The maximum Gasteiger partial charge on any atom is 0.0499 e. The van der Waals surface area contributed by atoms with Crippen LogP contribution in [0, 0.1) is 0 Å². The van der Waals surface area contributed by atoms with Gasteiger partial charge in [0.05, 0.1) is 0 Å². The van der Waals surface area contributed by atoms with Crippen molar-refractivity contribution in [2.75, 3.05) is 18.9 Å². The molecular weight excluding hydrogens is 365 g/mol. The molecule has 0 aliphatic carbocycles. The van der Waals surface area contributed by atoms with Crippen molar-refractivity contribution >= 4 is 56.4 Å². The molecule has 0 spiro atoms. The largest absolute Gasteiger partial charge is 0.355 e. The van der Waals surface area contributed by atoms with Gasteiger partial charge < -0.3 is 15.6 Å². The van der Waals surface area contributed by atoms with E-state index in [0.717, 1.165) is 45.3 Å². The van der Waals surface area contributed by atoms with E-state index in [1.54, 1.807) is 0 Å². The molecule has 132 valence electrons. The van der Waals surface area contributed by atoms with Crippen molar-refractivity contribution in [2.45, 2.75) is 6.42 Å². The number of aromatic amines is 1. The molecule has 3 N–H and O–H groups in total. The molecule has 0 aliphatic rings. The third-order valence-electron chi connectivity index (χ3n) is 4.53. The average Bonchev–Trinajstić information content (AvgIpc) is 3.00. The molecule has 0 unspecified atom stereocenters. The highest BCUT2D eigenvalue weighted by Gasteiger charge is 2.11. The van der Waals surface area contributed by atoms with Gasteiger partial charge in [0.2, 0.25) is 0 Å². The summed E-state index contributed by atoms with van der Waals surface area (Å²) >= 11 is 12.2. The van der Waals surface area contributed by atoms with Crippen molar-refractivity contribution in [3.8, 4) is 0 Å².